The summed E-state index contributed by atoms with van der Waals surface area (Å²) >= 11 is 1.68. The lowest BCUT2D eigenvalue weighted by molar-refractivity contribution is 0.886. The fourth-order valence-electron chi connectivity index (χ4n) is 1.57. The molecule has 1 N–H and O–H groups in total. The molecule has 0 unspecified atom stereocenters. The van der Waals surface area contributed by atoms with Crippen molar-refractivity contribution in [3.8, 4) is 0 Å². The van der Waals surface area contributed by atoms with Crippen molar-refractivity contribution in [2.24, 2.45) is 0 Å². The van der Waals surface area contributed by atoms with Crippen LogP contribution in [0.2, 0.25) is 0 Å². The van der Waals surface area contributed by atoms with Gasteiger partial charge in [0.05, 0.1) is 5.39 Å². The number of nitrogens with one attached hydrogen (secondary N) is 1. The van der Waals surface area contributed by atoms with Crippen LogP contribution in [0.5, 0.6) is 0 Å². The zero-order chi connectivity index (χ0) is 11.0. The summed E-state index contributed by atoms with van der Waals surface area (Å²) in [6, 6.07) is 0.391. The highest BCUT2D eigenvalue weighted by molar-refractivity contribution is 7.17. The molecule has 0 bridgehead atoms. The molecule has 15 heavy (non-hydrogen) atoms. The highest BCUT2D eigenvalue weighted by atomic mass is 32.1. The van der Waals surface area contributed by atoms with E-state index in [2.05, 4.69) is 41.4 Å². The lowest BCUT2D eigenvalue weighted by Crippen LogP contribution is -2.12. The van der Waals surface area contributed by atoms with Crippen LogP contribution < -0.4 is 5.32 Å². The highest BCUT2D eigenvalue weighted by Gasteiger charge is 2.10. The first kappa shape index (κ1) is 10.4. The van der Waals surface area contributed by atoms with E-state index in [9.17, 15) is 0 Å². The first-order valence-electron chi connectivity index (χ1n) is 5.07. The molecule has 2 aromatic heterocycles. The van der Waals surface area contributed by atoms with E-state index in [1.54, 1.807) is 11.3 Å². The van der Waals surface area contributed by atoms with Crippen LogP contribution in [0, 0.1) is 13.8 Å². The summed E-state index contributed by atoms with van der Waals surface area (Å²) in [4.78, 5) is 9.96. The molecular formula is C11H15N3S. The van der Waals surface area contributed by atoms with Crippen molar-refractivity contribution >= 4 is 27.4 Å². The van der Waals surface area contributed by atoms with Gasteiger partial charge in [0, 0.05) is 6.04 Å². The molecule has 2 rings (SSSR count). The van der Waals surface area contributed by atoms with E-state index >= 15 is 0 Å². The normalized spacial score (nSPS) is 11.3. The van der Waals surface area contributed by atoms with Gasteiger partial charge in [-0.1, -0.05) is 0 Å². The van der Waals surface area contributed by atoms with E-state index in [0.717, 1.165) is 16.5 Å². The quantitative estimate of drug-likeness (QED) is 0.846. The number of hydrogen-bond donors (Lipinski definition) is 1. The molecule has 0 saturated heterocycles. The SMILES string of the molecule is Cc1nc(NC(C)C)c2c(C)csc2n1. The Kier molecular flexibility index (Phi) is 2.61. The molecule has 0 aromatic carbocycles. The van der Waals surface area contributed by atoms with Crippen LogP contribution in [-0.4, -0.2) is 16.0 Å². The van der Waals surface area contributed by atoms with Gasteiger partial charge in [0.15, 0.2) is 0 Å². The zero-order valence-electron chi connectivity index (χ0n) is 9.46. The first-order chi connectivity index (χ1) is 7.08. The minimum absolute atomic E-state index is 0.391. The summed E-state index contributed by atoms with van der Waals surface area (Å²) in [5, 5.41) is 6.67. The van der Waals surface area contributed by atoms with Gasteiger partial charge in [0.1, 0.15) is 16.5 Å². The lowest BCUT2D eigenvalue weighted by Gasteiger charge is -2.11. The summed E-state index contributed by atoms with van der Waals surface area (Å²) in [7, 11) is 0. The zero-order valence-corrected chi connectivity index (χ0v) is 10.3. The number of aryl methyl sites for hydroxylation is 2. The first-order valence-corrected chi connectivity index (χ1v) is 5.95. The van der Waals surface area contributed by atoms with Crippen LogP contribution in [0.15, 0.2) is 5.38 Å². The molecule has 0 atom stereocenters. The largest absolute Gasteiger partial charge is 0.367 e. The van der Waals surface area contributed by atoms with E-state index in [4.69, 9.17) is 0 Å². The Labute approximate surface area is 93.6 Å². The molecule has 0 fully saturated rings. The molecular weight excluding hydrogens is 206 g/mol. The van der Waals surface area contributed by atoms with Crippen LogP contribution >= 0.6 is 11.3 Å². The van der Waals surface area contributed by atoms with Crippen LogP contribution in [0.25, 0.3) is 10.2 Å². The van der Waals surface area contributed by atoms with E-state index in [1.165, 1.54) is 10.9 Å². The van der Waals surface area contributed by atoms with Crippen molar-refractivity contribution in [3.05, 3.63) is 16.8 Å². The van der Waals surface area contributed by atoms with Crippen LogP contribution in [0.3, 0.4) is 0 Å². The van der Waals surface area contributed by atoms with Crippen LogP contribution in [-0.2, 0) is 0 Å². The molecule has 80 valence electrons. The molecule has 2 heterocycles. The second kappa shape index (κ2) is 3.77. The van der Waals surface area contributed by atoms with Gasteiger partial charge in [-0.2, -0.15) is 0 Å². The van der Waals surface area contributed by atoms with Gasteiger partial charge in [-0.05, 0) is 38.6 Å². The molecule has 0 saturated carbocycles. The molecule has 0 spiro atoms. The average Bonchev–Trinajstić information content (AvgIpc) is 2.46. The molecule has 4 heteroatoms. The molecule has 0 aliphatic heterocycles. The Morgan fingerprint density at radius 1 is 1.27 bits per heavy atom. The van der Waals surface area contributed by atoms with Gasteiger partial charge in [-0.25, -0.2) is 9.97 Å². The van der Waals surface area contributed by atoms with Crippen molar-refractivity contribution in [2.45, 2.75) is 33.7 Å². The summed E-state index contributed by atoms with van der Waals surface area (Å²) < 4.78 is 0. The Morgan fingerprint density at radius 3 is 2.67 bits per heavy atom. The lowest BCUT2D eigenvalue weighted by atomic mass is 10.2. The molecule has 2 aromatic rings. The monoisotopic (exact) mass is 221 g/mol. The van der Waals surface area contributed by atoms with Crippen molar-refractivity contribution in [1.82, 2.24) is 9.97 Å². The highest BCUT2D eigenvalue weighted by Crippen LogP contribution is 2.29. The maximum Gasteiger partial charge on any atom is 0.138 e. The Bertz CT molecular complexity index is 488. The van der Waals surface area contributed by atoms with E-state index < -0.39 is 0 Å². The molecule has 3 nitrogen and oxygen atoms in total. The second-order valence-corrected chi connectivity index (χ2v) is 4.88. The standard InChI is InChI=1S/C11H15N3S/c1-6(2)12-10-9-7(3)5-15-11(9)14-8(4)13-10/h5-6H,1-4H3,(H,12,13,14). The third-order valence-corrected chi connectivity index (χ3v) is 3.14. The van der Waals surface area contributed by atoms with E-state index in [-0.39, 0.29) is 0 Å². The number of aromatic nitrogens is 2. The fourth-order valence-corrected chi connectivity index (χ4v) is 2.54. The Morgan fingerprint density at radius 2 is 2.00 bits per heavy atom. The molecule has 0 amide bonds. The minimum atomic E-state index is 0.391. The van der Waals surface area contributed by atoms with Crippen molar-refractivity contribution in [1.29, 1.82) is 0 Å². The van der Waals surface area contributed by atoms with E-state index in [0.29, 0.717) is 6.04 Å². The summed E-state index contributed by atoms with van der Waals surface area (Å²) in [5.74, 6) is 1.79. The van der Waals surface area contributed by atoms with Crippen molar-refractivity contribution in [2.75, 3.05) is 5.32 Å². The average molecular weight is 221 g/mol. The predicted octanol–water partition coefficient (Wildman–Crippen LogP) is 3.13. The maximum atomic E-state index is 4.46. The summed E-state index contributed by atoms with van der Waals surface area (Å²) in [6.07, 6.45) is 0. The molecule has 0 radical (unpaired) electrons. The van der Waals surface area contributed by atoms with Gasteiger partial charge in [-0.15, -0.1) is 11.3 Å². The smallest absolute Gasteiger partial charge is 0.138 e. The summed E-state index contributed by atoms with van der Waals surface area (Å²) in [5.41, 5.74) is 1.25. The third kappa shape index (κ3) is 1.95. The molecule has 0 aliphatic rings. The fraction of sp³-hybridized carbons (Fsp3) is 0.455. The third-order valence-electron chi connectivity index (χ3n) is 2.15. The number of fused-ring (bicyclic) bond motifs is 1. The number of anilines is 1. The maximum absolute atomic E-state index is 4.46. The number of thiophene rings is 1. The van der Waals surface area contributed by atoms with Gasteiger partial charge < -0.3 is 5.32 Å². The van der Waals surface area contributed by atoms with Gasteiger partial charge in [-0.3, -0.25) is 0 Å². The predicted molar refractivity (Wildman–Crippen MR) is 65.6 cm³/mol. The van der Waals surface area contributed by atoms with Gasteiger partial charge in [0.2, 0.25) is 0 Å². The number of rotatable bonds is 2. The second-order valence-electron chi connectivity index (χ2n) is 4.02. The van der Waals surface area contributed by atoms with Gasteiger partial charge in [0.25, 0.3) is 0 Å². The topological polar surface area (TPSA) is 37.8 Å². The summed E-state index contributed by atoms with van der Waals surface area (Å²) in [6.45, 7) is 8.26. The van der Waals surface area contributed by atoms with Crippen molar-refractivity contribution in [3.63, 3.8) is 0 Å². The Hall–Kier alpha value is -1.16. The minimum Gasteiger partial charge on any atom is -0.367 e. The van der Waals surface area contributed by atoms with Crippen molar-refractivity contribution < 1.29 is 0 Å². The Balaban J connectivity index is 2.63. The van der Waals surface area contributed by atoms with Crippen LogP contribution in [0.1, 0.15) is 25.2 Å². The van der Waals surface area contributed by atoms with E-state index in [1.807, 2.05) is 6.92 Å². The number of nitrogens with zero attached hydrogens (tertiary/aromatic N) is 2. The van der Waals surface area contributed by atoms with Crippen LogP contribution in [0.4, 0.5) is 5.82 Å². The number of hydrogen-bond acceptors (Lipinski definition) is 4. The molecule has 0 aliphatic carbocycles. The van der Waals surface area contributed by atoms with Gasteiger partial charge >= 0.3 is 0 Å².